The van der Waals surface area contributed by atoms with Crippen molar-refractivity contribution >= 4 is 5.97 Å². The fraction of sp³-hybridized carbons (Fsp3) is 0.300. The largest absolute Gasteiger partial charge is 0.478 e. The van der Waals surface area contributed by atoms with Crippen LogP contribution in [-0.4, -0.2) is 23.9 Å². The van der Waals surface area contributed by atoms with Crippen LogP contribution in [0.25, 0.3) is 0 Å². The summed E-state index contributed by atoms with van der Waals surface area (Å²) in [6.07, 6.45) is -4.37. The molecular formula is C10H10F3NO3. The lowest BCUT2D eigenvalue weighted by Crippen LogP contribution is -2.24. The average Bonchev–Trinajstić information content (AvgIpc) is 2.24. The van der Waals surface area contributed by atoms with E-state index in [9.17, 15) is 18.0 Å². The van der Waals surface area contributed by atoms with Gasteiger partial charge in [0.1, 0.15) is 0 Å². The molecule has 0 aliphatic carbocycles. The van der Waals surface area contributed by atoms with Gasteiger partial charge in [-0.3, -0.25) is 4.84 Å². The minimum absolute atomic E-state index is 0.0655. The Morgan fingerprint density at radius 2 is 1.88 bits per heavy atom. The Bertz CT molecular complexity index is 375. The predicted octanol–water partition coefficient (Wildman–Crippen LogP) is 1.97. The molecule has 0 unspecified atom stereocenters. The Morgan fingerprint density at radius 3 is 2.35 bits per heavy atom. The SMILES string of the molecule is O=C(O)c1ccc(CNOCC(F)(F)F)cc1. The monoisotopic (exact) mass is 249 g/mol. The second-order valence-electron chi connectivity index (χ2n) is 3.23. The number of halogens is 3. The van der Waals surface area contributed by atoms with Gasteiger partial charge in [-0.1, -0.05) is 12.1 Å². The van der Waals surface area contributed by atoms with Crippen molar-refractivity contribution in [1.82, 2.24) is 5.48 Å². The van der Waals surface area contributed by atoms with E-state index in [2.05, 4.69) is 10.3 Å². The van der Waals surface area contributed by atoms with Gasteiger partial charge < -0.3 is 5.11 Å². The van der Waals surface area contributed by atoms with Gasteiger partial charge in [0.25, 0.3) is 0 Å². The quantitative estimate of drug-likeness (QED) is 0.618. The number of rotatable bonds is 5. The van der Waals surface area contributed by atoms with Crippen LogP contribution in [0.15, 0.2) is 24.3 Å². The maximum absolute atomic E-state index is 11.7. The molecule has 2 N–H and O–H groups in total. The van der Waals surface area contributed by atoms with Crippen LogP contribution in [0.2, 0.25) is 0 Å². The molecule has 0 heterocycles. The fourth-order valence-electron chi connectivity index (χ4n) is 1.03. The van der Waals surface area contributed by atoms with Crippen LogP contribution in [0, 0.1) is 0 Å². The number of alkyl halides is 3. The lowest BCUT2D eigenvalue weighted by Gasteiger charge is -2.08. The molecule has 0 amide bonds. The zero-order chi connectivity index (χ0) is 12.9. The first-order valence-electron chi connectivity index (χ1n) is 4.62. The van der Waals surface area contributed by atoms with E-state index in [-0.39, 0.29) is 12.1 Å². The van der Waals surface area contributed by atoms with Gasteiger partial charge in [-0.2, -0.15) is 18.7 Å². The predicted molar refractivity (Wildman–Crippen MR) is 52.2 cm³/mol. The van der Waals surface area contributed by atoms with E-state index in [0.717, 1.165) is 0 Å². The van der Waals surface area contributed by atoms with Crippen LogP contribution in [0.5, 0.6) is 0 Å². The summed E-state index contributed by atoms with van der Waals surface area (Å²) in [5.41, 5.74) is 2.88. The zero-order valence-corrected chi connectivity index (χ0v) is 8.62. The molecule has 1 aromatic carbocycles. The number of nitrogens with one attached hydrogen (secondary N) is 1. The Labute approximate surface area is 95.0 Å². The first-order valence-corrected chi connectivity index (χ1v) is 4.62. The molecule has 94 valence electrons. The topological polar surface area (TPSA) is 58.6 Å². The summed E-state index contributed by atoms with van der Waals surface area (Å²) in [4.78, 5) is 14.7. The van der Waals surface area contributed by atoms with Gasteiger partial charge in [0.05, 0.1) is 5.56 Å². The molecule has 17 heavy (non-hydrogen) atoms. The standard InChI is InChI=1S/C10H10F3NO3/c11-10(12,13)6-17-14-5-7-1-3-8(4-2-7)9(15)16/h1-4,14H,5-6H2,(H,15,16). The van der Waals surface area contributed by atoms with E-state index in [1.807, 2.05) is 0 Å². The number of hydroxylamine groups is 1. The zero-order valence-electron chi connectivity index (χ0n) is 8.62. The summed E-state index contributed by atoms with van der Waals surface area (Å²) >= 11 is 0. The summed E-state index contributed by atoms with van der Waals surface area (Å²) in [5.74, 6) is -1.06. The van der Waals surface area contributed by atoms with Gasteiger partial charge in [-0.05, 0) is 17.7 Å². The normalized spacial score (nSPS) is 11.5. The van der Waals surface area contributed by atoms with Crippen LogP contribution in [0.3, 0.4) is 0 Å². The van der Waals surface area contributed by atoms with Crippen molar-refractivity contribution in [2.75, 3.05) is 6.61 Å². The molecule has 0 aromatic heterocycles. The van der Waals surface area contributed by atoms with Gasteiger partial charge in [0.2, 0.25) is 0 Å². The Balaban J connectivity index is 2.35. The molecule has 0 atom stereocenters. The number of carboxylic acids is 1. The van der Waals surface area contributed by atoms with E-state index in [0.29, 0.717) is 5.56 Å². The Hall–Kier alpha value is -1.60. The van der Waals surface area contributed by atoms with Crippen LogP contribution in [0.1, 0.15) is 15.9 Å². The molecule has 7 heteroatoms. The summed E-state index contributed by atoms with van der Waals surface area (Å²) < 4.78 is 35.1. The third-order valence-electron chi connectivity index (χ3n) is 1.82. The van der Waals surface area contributed by atoms with Crippen LogP contribution in [-0.2, 0) is 11.4 Å². The Kier molecular flexibility index (Phi) is 4.47. The molecule has 1 rings (SSSR count). The van der Waals surface area contributed by atoms with E-state index >= 15 is 0 Å². The highest BCUT2D eigenvalue weighted by Gasteiger charge is 2.27. The second-order valence-corrected chi connectivity index (χ2v) is 3.23. The van der Waals surface area contributed by atoms with Crippen LogP contribution >= 0.6 is 0 Å². The summed E-state index contributed by atoms with van der Waals surface area (Å²) in [5, 5.41) is 8.61. The number of aromatic carboxylic acids is 1. The first kappa shape index (κ1) is 13.5. The number of carbonyl (C=O) groups is 1. The summed E-state index contributed by atoms with van der Waals surface area (Å²) in [6.45, 7) is -1.31. The van der Waals surface area contributed by atoms with Crippen molar-refractivity contribution in [3.05, 3.63) is 35.4 Å². The number of carboxylic acid groups (broad SMARTS) is 1. The molecule has 0 fully saturated rings. The lowest BCUT2D eigenvalue weighted by atomic mass is 10.1. The molecule has 0 spiro atoms. The minimum atomic E-state index is -4.37. The third-order valence-corrected chi connectivity index (χ3v) is 1.82. The minimum Gasteiger partial charge on any atom is -0.478 e. The molecule has 1 aromatic rings. The molecule has 0 aliphatic heterocycles. The maximum Gasteiger partial charge on any atom is 0.413 e. The molecular weight excluding hydrogens is 239 g/mol. The van der Waals surface area contributed by atoms with Crippen molar-refractivity contribution in [3.63, 3.8) is 0 Å². The van der Waals surface area contributed by atoms with Crippen molar-refractivity contribution < 1.29 is 27.9 Å². The first-order chi connectivity index (χ1) is 7.88. The molecule has 0 saturated carbocycles. The summed E-state index contributed by atoms with van der Waals surface area (Å²) in [6, 6.07) is 5.72. The van der Waals surface area contributed by atoms with E-state index in [4.69, 9.17) is 5.11 Å². The van der Waals surface area contributed by atoms with Crippen molar-refractivity contribution in [3.8, 4) is 0 Å². The maximum atomic E-state index is 11.7. The van der Waals surface area contributed by atoms with Crippen LogP contribution < -0.4 is 5.48 Å². The van der Waals surface area contributed by atoms with E-state index in [1.54, 1.807) is 0 Å². The highest BCUT2D eigenvalue weighted by Crippen LogP contribution is 2.13. The molecule has 0 aliphatic rings. The molecule has 0 radical (unpaired) electrons. The van der Waals surface area contributed by atoms with E-state index in [1.165, 1.54) is 24.3 Å². The summed E-state index contributed by atoms with van der Waals surface area (Å²) in [7, 11) is 0. The van der Waals surface area contributed by atoms with Gasteiger partial charge in [0, 0.05) is 6.54 Å². The van der Waals surface area contributed by atoms with Crippen molar-refractivity contribution in [2.45, 2.75) is 12.7 Å². The van der Waals surface area contributed by atoms with Crippen molar-refractivity contribution in [2.24, 2.45) is 0 Å². The Morgan fingerprint density at radius 1 is 1.29 bits per heavy atom. The number of hydrogen-bond acceptors (Lipinski definition) is 3. The molecule has 4 nitrogen and oxygen atoms in total. The van der Waals surface area contributed by atoms with Crippen molar-refractivity contribution in [1.29, 1.82) is 0 Å². The second kappa shape index (κ2) is 5.65. The van der Waals surface area contributed by atoms with Gasteiger partial charge in [0.15, 0.2) is 6.61 Å². The molecule has 0 bridgehead atoms. The van der Waals surface area contributed by atoms with Crippen LogP contribution in [0.4, 0.5) is 13.2 Å². The smallest absolute Gasteiger partial charge is 0.413 e. The van der Waals surface area contributed by atoms with Gasteiger partial charge in [-0.15, -0.1) is 0 Å². The third kappa shape index (κ3) is 5.32. The number of hydrogen-bond donors (Lipinski definition) is 2. The lowest BCUT2D eigenvalue weighted by molar-refractivity contribution is -0.190. The average molecular weight is 249 g/mol. The molecule has 0 saturated heterocycles. The van der Waals surface area contributed by atoms with Gasteiger partial charge in [-0.25, -0.2) is 4.79 Å². The highest BCUT2D eigenvalue weighted by atomic mass is 19.4. The van der Waals surface area contributed by atoms with E-state index < -0.39 is 18.8 Å². The number of benzene rings is 1. The fourth-order valence-corrected chi connectivity index (χ4v) is 1.03. The highest BCUT2D eigenvalue weighted by molar-refractivity contribution is 5.87. The van der Waals surface area contributed by atoms with Gasteiger partial charge >= 0.3 is 12.1 Å².